The van der Waals surface area contributed by atoms with Gasteiger partial charge in [-0.25, -0.2) is 0 Å². The second-order valence-corrected chi connectivity index (χ2v) is 6.52. The summed E-state index contributed by atoms with van der Waals surface area (Å²) in [6.45, 7) is 7.56. The standard InChI is InChI=1S/C17H25N3O/c1-13(2)18-17(21)12-20-10-9-19(11-14-7-8-14)15-5-3-4-6-16(15)20/h3-6,13-14H,7-12H2,1-2H3,(H,18,21). The second kappa shape index (κ2) is 5.96. The van der Waals surface area contributed by atoms with Crippen LogP contribution in [0.4, 0.5) is 11.4 Å². The molecule has 1 amide bonds. The first-order valence-corrected chi connectivity index (χ1v) is 8.02. The van der Waals surface area contributed by atoms with Gasteiger partial charge in [-0.2, -0.15) is 0 Å². The summed E-state index contributed by atoms with van der Waals surface area (Å²) in [7, 11) is 0. The van der Waals surface area contributed by atoms with Gasteiger partial charge in [0.2, 0.25) is 5.91 Å². The number of benzene rings is 1. The molecule has 114 valence electrons. The summed E-state index contributed by atoms with van der Waals surface area (Å²) in [5.74, 6) is 0.990. The first-order valence-electron chi connectivity index (χ1n) is 8.02. The van der Waals surface area contributed by atoms with Crippen LogP contribution in [0.15, 0.2) is 24.3 Å². The molecule has 1 N–H and O–H groups in total. The molecule has 1 aromatic rings. The van der Waals surface area contributed by atoms with E-state index in [0.717, 1.165) is 19.0 Å². The van der Waals surface area contributed by atoms with E-state index in [-0.39, 0.29) is 11.9 Å². The number of carbonyl (C=O) groups is 1. The van der Waals surface area contributed by atoms with Gasteiger partial charge in [0.1, 0.15) is 0 Å². The Bertz CT molecular complexity index is 511. The van der Waals surface area contributed by atoms with Gasteiger partial charge in [-0.3, -0.25) is 4.79 Å². The van der Waals surface area contributed by atoms with Gasteiger partial charge in [0.05, 0.1) is 17.9 Å². The molecule has 1 fully saturated rings. The van der Waals surface area contributed by atoms with Gasteiger partial charge in [-0.1, -0.05) is 12.1 Å². The van der Waals surface area contributed by atoms with Gasteiger partial charge in [-0.15, -0.1) is 0 Å². The van der Waals surface area contributed by atoms with Crippen molar-refractivity contribution in [3.63, 3.8) is 0 Å². The van der Waals surface area contributed by atoms with Gasteiger partial charge >= 0.3 is 0 Å². The number of para-hydroxylation sites is 2. The zero-order valence-corrected chi connectivity index (χ0v) is 13.0. The number of anilines is 2. The maximum Gasteiger partial charge on any atom is 0.239 e. The van der Waals surface area contributed by atoms with Crippen molar-refractivity contribution in [1.29, 1.82) is 0 Å². The van der Waals surface area contributed by atoms with Gasteiger partial charge in [-0.05, 0) is 44.7 Å². The molecule has 1 aliphatic heterocycles. The normalized spacial score (nSPS) is 17.9. The molecule has 21 heavy (non-hydrogen) atoms. The van der Waals surface area contributed by atoms with Crippen LogP contribution in [0.3, 0.4) is 0 Å². The quantitative estimate of drug-likeness (QED) is 0.902. The second-order valence-electron chi connectivity index (χ2n) is 6.52. The van der Waals surface area contributed by atoms with Crippen LogP contribution in [0.5, 0.6) is 0 Å². The molecule has 1 saturated carbocycles. The maximum absolute atomic E-state index is 12.0. The third kappa shape index (κ3) is 3.49. The first-order chi connectivity index (χ1) is 10.1. The number of nitrogens with one attached hydrogen (secondary N) is 1. The molecular weight excluding hydrogens is 262 g/mol. The fraction of sp³-hybridized carbons (Fsp3) is 0.588. The average Bonchev–Trinajstić information content (AvgIpc) is 3.25. The van der Waals surface area contributed by atoms with Crippen LogP contribution in [-0.4, -0.2) is 38.1 Å². The van der Waals surface area contributed by atoms with Gasteiger partial charge in [0, 0.05) is 25.7 Å². The molecular formula is C17H25N3O. The topological polar surface area (TPSA) is 35.6 Å². The molecule has 0 saturated heterocycles. The molecule has 0 radical (unpaired) electrons. The van der Waals surface area contributed by atoms with Crippen LogP contribution < -0.4 is 15.1 Å². The predicted molar refractivity (Wildman–Crippen MR) is 86.9 cm³/mol. The van der Waals surface area contributed by atoms with E-state index in [9.17, 15) is 4.79 Å². The minimum absolute atomic E-state index is 0.107. The monoisotopic (exact) mass is 287 g/mol. The third-order valence-corrected chi connectivity index (χ3v) is 4.16. The number of nitrogens with zero attached hydrogens (tertiary/aromatic N) is 2. The molecule has 2 aliphatic rings. The third-order valence-electron chi connectivity index (χ3n) is 4.16. The Morgan fingerprint density at radius 2 is 1.81 bits per heavy atom. The molecule has 0 bridgehead atoms. The molecule has 4 heteroatoms. The van der Waals surface area contributed by atoms with Gasteiger partial charge in [0.25, 0.3) is 0 Å². The summed E-state index contributed by atoms with van der Waals surface area (Å²) in [5, 5.41) is 2.98. The van der Waals surface area contributed by atoms with E-state index < -0.39 is 0 Å². The van der Waals surface area contributed by atoms with Crippen LogP contribution in [0.2, 0.25) is 0 Å². The summed E-state index contributed by atoms with van der Waals surface area (Å²) in [6, 6.07) is 8.67. The molecule has 1 heterocycles. The Morgan fingerprint density at radius 3 is 2.43 bits per heavy atom. The van der Waals surface area contributed by atoms with Crippen molar-refractivity contribution in [2.45, 2.75) is 32.7 Å². The van der Waals surface area contributed by atoms with Crippen molar-refractivity contribution in [3.05, 3.63) is 24.3 Å². The molecule has 0 atom stereocenters. The Kier molecular flexibility index (Phi) is 4.04. The fourth-order valence-corrected chi connectivity index (χ4v) is 2.99. The highest BCUT2D eigenvalue weighted by Gasteiger charge is 2.29. The van der Waals surface area contributed by atoms with Crippen molar-refractivity contribution in [2.24, 2.45) is 5.92 Å². The summed E-state index contributed by atoms with van der Waals surface area (Å²) >= 11 is 0. The smallest absolute Gasteiger partial charge is 0.239 e. The van der Waals surface area contributed by atoms with Crippen LogP contribution >= 0.6 is 0 Å². The first kappa shape index (κ1) is 14.2. The summed E-state index contributed by atoms with van der Waals surface area (Å²) in [5.41, 5.74) is 2.48. The predicted octanol–water partition coefficient (Wildman–Crippen LogP) is 2.25. The Hall–Kier alpha value is -1.71. The lowest BCUT2D eigenvalue weighted by molar-refractivity contribution is -0.120. The van der Waals surface area contributed by atoms with Crippen LogP contribution in [0.1, 0.15) is 26.7 Å². The van der Waals surface area contributed by atoms with Crippen molar-refractivity contribution in [1.82, 2.24) is 5.32 Å². The van der Waals surface area contributed by atoms with E-state index in [1.807, 2.05) is 13.8 Å². The number of rotatable bonds is 5. The highest BCUT2D eigenvalue weighted by atomic mass is 16.2. The maximum atomic E-state index is 12.0. The number of hydrogen-bond acceptors (Lipinski definition) is 3. The Labute approximate surface area is 127 Å². The Balaban J connectivity index is 1.72. The summed E-state index contributed by atoms with van der Waals surface area (Å²) in [6.07, 6.45) is 2.75. The summed E-state index contributed by atoms with van der Waals surface area (Å²) < 4.78 is 0. The molecule has 3 rings (SSSR count). The molecule has 0 aromatic heterocycles. The molecule has 0 unspecified atom stereocenters. The zero-order chi connectivity index (χ0) is 14.8. The van der Waals surface area contributed by atoms with E-state index in [0.29, 0.717) is 6.54 Å². The molecule has 0 spiro atoms. The summed E-state index contributed by atoms with van der Waals surface area (Å²) in [4.78, 5) is 16.7. The Morgan fingerprint density at radius 1 is 1.19 bits per heavy atom. The van der Waals surface area contributed by atoms with Gasteiger partial charge in [0.15, 0.2) is 0 Å². The number of amides is 1. The van der Waals surface area contributed by atoms with Crippen LogP contribution in [0, 0.1) is 5.92 Å². The number of carbonyl (C=O) groups excluding carboxylic acids is 1. The average molecular weight is 287 g/mol. The van der Waals surface area contributed by atoms with Crippen molar-refractivity contribution >= 4 is 17.3 Å². The van der Waals surface area contributed by atoms with E-state index >= 15 is 0 Å². The van der Waals surface area contributed by atoms with E-state index in [2.05, 4.69) is 39.4 Å². The molecule has 1 aliphatic carbocycles. The molecule has 1 aromatic carbocycles. The highest BCUT2D eigenvalue weighted by Crippen LogP contribution is 2.37. The lowest BCUT2D eigenvalue weighted by Crippen LogP contribution is -2.47. The fourth-order valence-electron chi connectivity index (χ4n) is 2.99. The molecule has 4 nitrogen and oxygen atoms in total. The van der Waals surface area contributed by atoms with Crippen molar-refractivity contribution < 1.29 is 4.79 Å². The number of fused-ring (bicyclic) bond motifs is 1. The van der Waals surface area contributed by atoms with Crippen LogP contribution in [0.25, 0.3) is 0 Å². The van der Waals surface area contributed by atoms with E-state index in [1.54, 1.807) is 0 Å². The van der Waals surface area contributed by atoms with E-state index in [1.165, 1.54) is 30.8 Å². The van der Waals surface area contributed by atoms with Crippen molar-refractivity contribution in [2.75, 3.05) is 36.0 Å². The lowest BCUT2D eigenvalue weighted by Gasteiger charge is -2.38. The van der Waals surface area contributed by atoms with E-state index in [4.69, 9.17) is 0 Å². The minimum Gasteiger partial charge on any atom is -0.368 e. The SMILES string of the molecule is CC(C)NC(=O)CN1CCN(CC2CC2)c2ccccc21. The lowest BCUT2D eigenvalue weighted by atomic mass is 10.1. The van der Waals surface area contributed by atoms with Gasteiger partial charge < -0.3 is 15.1 Å². The number of hydrogen-bond donors (Lipinski definition) is 1. The van der Waals surface area contributed by atoms with Crippen molar-refractivity contribution in [3.8, 4) is 0 Å². The van der Waals surface area contributed by atoms with Crippen LogP contribution in [-0.2, 0) is 4.79 Å². The largest absolute Gasteiger partial charge is 0.368 e. The zero-order valence-electron chi connectivity index (χ0n) is 13.0. The highest BCUT2D eigenvalue weighted by molar-refractivity contribution is 5.84. The minimum atomic E-state index is 0.107.